The number of carbonyl (C=O) groups excluding carboxylic acids is 2. The molecule has 1 saturated heterocycles. The summed E-state index contributed by atoms with van der Waals surface area (Å²) < 4.78 is 0. The smallest absolute Gasteiger partial charge is 0.246 e. The molecule has 78 valence electrons. The number of imide groups is 1. The van der Waals surface area contributed by atoms with Crippen LogP contribution in [0.25, 0.3) is 0 Å². The van der Waals surface area contributed by atoms with E-state index >= 15 is 0 Å². The molecule has 2 aliphatic rings. The number of likely N-dealkylation sites (tertiary alicyclic amines) is 1. The van der Waals surface area contributed by atoms with Gasteiger partial charge in [0.1, 0.15) is 0 Å². The number of hydrogen-bond acceptors (Lipinski definition) is 3. The molecule has 1 aliphatic carbocycles. The average Bonchev–Trinajstić information content (AvgIpc) is 2.43. The summed E-state index contributed by atoms with van der Waals surface area (Å²) in [5.41, 5.74) is 5.55. The zero-order valence-electron chi connectivity index (χ0n) is 8.24. The monoisotopic (exact) mass is 196 g/mol. The Morgan fingerprint density at radius 3 is 2.29 bits per heavy atom. The van der Waals surface area contributed by atoms with E-state index in [1.807, 2.05) is 0 Å². The van der Waals surface area contributed by atoms with Crippen LogP contribution in [0.4, 0.5) is 0 Å². The first-order valence-corrected chi connectivity index (χ1v) is 5.31. The summed E-state index contributed by atoms with van der Waals surface area (Å²) in [5.74, 6) is -0.240. The van der Waals surface area contributed by atoms with Crippen LogP contribution in [-0.2, 0) is 9.59 Å². The minimum atomic E-state index is -0.579. The third-order valence-electron chi connectivity index (χ3n) is 3.16. The second-order valence-electron chi connectivity index (χ2n) is 4.20. The number of nitrogens with zero attached hydrogens (tertiary/aromatic N) is 1. The zero-order chi connectivity index (χ0) is 10.1. The minimum absolute atomic E-state index is 0.0746. The highest BCUT2D eigenvalue weighted by Crippen LogP contribution is 2.26. The summed E-state index contributed by atoms with van der Waals surface area (Å²) >= 11 is 0. The van der Waals surface area contributed by atoms with Crippen molar-refractivity contribution in [3.63, 3.8) is 0 Å². The minimum Gasteiger partial charge on any atom is -0.319 e. The van der Waals surface area contributed by atoms with Crippen molar-refractivity contribution in [2.75, 3.05) is 0 Å². The Labute approximate surface area is 83.4 Å². The summed E-state index contributed by atoms with van der Waals surface area (Å²) in [6.07, 6.45) is 5.59. The molecule has 1 unspecified atom stereocenters. The van der Waals surface area contributed by atoms with Crippen LogP contribution >= 0.6 is 0 Å². The first-order valence-electron chi connectivity index (χ1n) is 5.31. The van der Waals surface area contributed by atoms with Gasteiger partial charge in [-0.25, -0.2) is 0 Å². The standard InChI is InChI=1S/C10H16N2O2/c11-8-6-9(13)12(10(8)14)7-4-2-1-3-5-7/h7-8H,1-6,11H2. The van der Waals surface area contributed by atoms with Gasteiger partial charge < -0.3 is 5.73 Å². The van der Waals surface area contributed by atoms with E-state index < -0.39 is 6.04 Å². The molecule has 2 fully saturated rings. The summed E-state index contributed by atoms with van der Waals surface area (Å²) in [4.78, 5) is 24.5. The average molecular weight is 196 g/mol. The molecule has 2 rings (SSSR count). The third-order valence-corrected chi connectivity index (χ3v) is 3.16. The maximum Gasteiger partial charge on any atom is 0.246 e. The van der Waals surface area contributed by atoms with Gasteiger partial charge in [0.05, 0.1) is 12.5 Å². The Morgan fingerprint density at radius 2 is 1.79 bits per heavy atom. The first kappa shape index (κ1) is 9.65. The van der Waals surface area contributed by atoms with Crippen LogP contribution in [0.3, 0.4) is 0 Å². The molecule has 0 spiro atoms. The van der Waals surface area contributed by atoms with Crippen molar-refractivity contribution in [2.45, 2.75) is 50.6 Å². The van der Waals surface area contributed by atoms with Crippen LogP contribution in [0.2, 0.25) is 0 Å². The van der Waals surface area contributed by atoms with Gasteiger partial charge in [-0.15, -0.1) is 0 Å². The largest absolute Gasteiger partial charge is 0.319 e. The van der Waals surface area contributed by atoms with E-state index in [0.717, 1.165) is 25.7 Å². The van der Waals surface area contributed by atoms with Crippen LogP contribution in [0, 0.1) is 0 Å². The molecule has 4 heteroatoms. The zero-order valence-corrected chi connectivity index (χ0v) is 8.24. The molecule has 2 amide bonds. The van der Waals surface area contributed by atoms with E-state index in [1.54, 1.807) is 0 Å². The molecule has 0 radical (unpaired) electrons. The number of hydrogen-bond donors (Lipinski definition) is 1. The molecule has 0 aromatic heterocycles. The molecular weight excluding hydrogens is 180 g/mol. The molecule has 1 atom stereocenters. The topological polar surface area (TPSA) is 63.4 Å². The van der Waals surface area contributed by atoms with Gasteiger partial charge in [0, 0.05) is 6.04 Å². The van der Waals surface area contributed by atoms with Crippen LogP contribution in [0.15, 0.2) is 0 Å². The lowest BCUT2D eigenvalue weighted by molar-refractivity contribution is -0.142. The number of amides is 2. The number of carbonyl (C=O) groups is 2. The molecule has 0 aromatic carbocycles. The van der Waals surface area contributed by atoms with Gasteiger partial charge in [0.15, 0.2) is 0 Å². The van der Waals surface area contributed by atoms with Gasteiger partial charge in [-0.1, -0.05) is 19.3 Å². The van der Waals surface area contributed by atoms with E-state index in [9.17, 15) is 9.59 Å². The van der Waals surface area contributed by atoms with Crippen LogP contribution < -0.4 is 5.73 Å². The molecule has 14 heavy (non-hydrogen) atoms. The van der Waals surface area contributed by atoms with Crippen molar-refractivity contribution in [3.8, 4) is 0 Å². The Morgan fingerprint density at radius 1 is 1.14 bits per heavy atom. The molecule has 0 bridgehead atoms. The highest BCUT2D eigenvalue weighted by atomic mass is 16.2. The van der Waals surface area contributed by atoms with E-state index in [4.69, 9.17) is 5.73 Å². The lowest BCUT2D eigenvalue weighted by atomic mass is 9.94. The summed E-state index contributed by atoms with van der Waals surface area (Å²) in [5, 5.41) is 0. The van der Waals surface area contributed by atoms with Crippen LogP contribution in [0.5, 0.6) is 0 Å². The Bertz CT molecular complexity index is 259. The molecule has 1 aliphatic heterocycles. The predicted molar refractivity (Wildman–Crippen MR) is 51.3 cm³/mol. The number of nitrogens with two attached hydrogens (primary N) is 1. The summed E-state index contributed by atoms with van der Waals surface area (Å²) in [7, 11) is 0. The van der Waals surface area contributed by atoms with Gasteiger partial charge in [-0.3, -0.25) is 14.5 Å². The van der Waals surface area contributed by atoms with E-state index in [1.165, 1.54) is 11.3 Å². The van der Waals surface area contributed by atoms with Crippen LogP contribution in [0.1, 0.15) is 38.5 Å². The second kappa shape index (κ2) is 3.69. The molecule has 1 saturated carbocycles. The maximum atomic E-state index is 11.6. The van der Waals surface area contributed by atoms with Crippen molar-refractivity contribution in [2.24, 2.45) is 5.73 Å². The van der Waals surface area contributed by atoms with E-state index in [-0.39, 0.29) is 24.3 Å². The third kappa shape index (κ3) is 1.54. The Balaban J connectivity index is 2.08. The Hall–Kier alpha value is -0.900. The van der Waals surface area contributed by atoms with Gasteiger partial charge in [0.25, 0.3) is 0 Å². The van der Waals surface area contributed by atoms with E-state index in [2.05, 4.69) is 0 Å². The van der Waals surface area contributed by atoms with Gasteiger partial charge in [0.2, 0.25) is 11.8 Å². The molecule has 0 aromatic rings. The molecule has 2 N–H and O–H groups in total. The van der Waals surface area contributed by atoms with Crippen molar-refractivity contribution < 1.29 is 9.59 Å². The van der Waals surface area contributed by atoms with Crippen molar-refractivity contribution in [3.05, 3.63) is 0 Å². The lowest BCUT2D eigenvalue weighted by Gasteiger charge is -2.29. The van der Waals surface area contributed by atoms with Crippen molar-refractivity contribution >= 4 is 11.8 Å². The summed E-state index contributed by atoms with van der Waals surface area (Å²) in [6, 6.07) is -0.443. The van der Waals surface area contributed by atoms with Gasteiger partial charge >= 0.3 is 0 Å². The van der Waals surface area contributed by atoms with Crippen LogP contribution in [-0.4, -0.2) is 28.8 Å². The second-order valence-corrected chi connectivity index (χ2v) is 4.20. The normalized spacial score (nSPS) is 30.1. The first-order chi connectivity index (χ1) is 6.70. The van der Waals surface area contributed by atoms with Gasteiger partial charge in [-0.05, 0) is 12.8 Å². The molecular formula is C10H16N2O2. The molecule has 4 nitrogen and oxygen atoms in total. The SMILES string of the molecule is NC1CC(=O)N(C2CCCCC2)C1=O. The molecule has 1 heterocycles. The van der Waals surface area contributed by atoms with Crippen molar-refractivity contribution in [1.82, 2.24) is 4.90 Å². The fourth-order valence-electron chi connectivity index (χ4n) is 2.40. The maximum absolute atomic E-state index is 11.6. The highest BCUT2D eigenvalue weighted by molar-refractivity contribution is 6.05. The predicted octanol–water partition coefficient (Wildman–Crippen LogP) is 0.405. The van der Waals surface area contributed by atoms with Crippen molar-refractivity contribution in [1.29, 1.82) is 0 Å². The van der Waals surface area contributed by atoms with Gasteiger partial charge in [-0.2, -0.15) is 0 Å². The highest BCUT2D eigenvalue weighted by Gasteiger charge is 2.40. The quantitative estimate of drug-likeness (QED) is 0.618. The Kier molecular flexibility index (Phi) is 2.54. The fraction of sp³-hybridized carbons (Fsp3) is 0.800. The summed E-state index contributed by atoms with van der Waals surface area (Å²) in [6.45, 7) is 0. The van der Waals surface area contributed by atoms with E-state index in [0.29, 0.717) is 0 Å². The fourth-order valence-corrected chi connectivity index (χ4v) is 2.40. The number of rotatable bonds is 1. The lowest BCUT2D eigenvalue weighted by Crippen LogP contribution is -2.43.